The van der Waals surface area contributed by atoms with E-state index in [1.54, 1.807) is 24.5 Å². The number of halogens is 1. The molecule has 0 radical (unpaired) electrons. The molecule has 2 aromatic heterocycles. The standard InChI is InChI=1S/C26H27FN6O3S/c1-35-14-21-32-23-20(37-21)9-8-17(24(23)33-12-4-5-15(33)13-28)31-26(34)18-10-11-29-25(30-18)22-16(27)6-3-7-19(22)36-2/h3,6-11,15H,4-5,12-14,28H2,1-2H3,(H,31,34). The molecule has 3 heterocycles. The van der Waals surface area contributed by atoms with E-state index in [-0.39, 0.29) is 28.9 Å². The summed E-state index contributed by atoms with van der Waals surface area (Å²) < 4.78 is 26.2. The number of hydrogen-bond acceptors (Lipinski definition) is 9. The molecule has 4 aromatic rings. The molecule has 9 nitrogen and oxygen atoms in total. The monoisotopic (exact) mass is 522 g/mol. The van der Waals surface area contributed by atoms with Crippen molar-refractivity contribution in [2.24, 2.45) is 5.73 Å². The fourth-order valence-corrected chi connectivity index (χ4v) is 5.60. The normalized spacial score (nSPS) is 15.4. The van der Waals surface area contributed by atoms with Gasteiger partial charge in [0.15, 0.2) is 5.82 Å². The lowest BCUT2D eigenvalue weighted by Crippen LogP contribution is -2.36. The summed E-state index contributed by atoms with van der Waals surface area (Å²) in [5.41, 5.74) is 8.52. The van der Waals surface area contributed by atoms with Crippen LogP contribution in [0.25, 0.3) is 21.6 Å². The number of carbonyl (C=O) groups excluding carboxylic acids is 1. The van der Waals surface area contributed by atoms with Crippen molar-refractivity contribution in [1.82, 2.24) is 15.0 Å². The number of ether oxygens (including phenoxy) is 2. The quantitative estimate of drug-likeness (QED) is 0.353. The summed E-state index contributed by atoms with van der Waals surface area (Å²) in [6.07, 6.45) is 3.39. The molecule has 0 saturated carbocycles. The Balaban J connectivity index is 1.53. The van der Waals surface area contributed by atoms with E-state index in [0.717, 1.165) is 40.3 Å². The second-order valence-corrected chi connectivity index (χ2v) is 9.73. The average Bonchev–Trinajstić information content (AvgIpc) is 3.55. The minimum absolute atomic E-state index is 0.0599. The van der Waals surface area contributed by atoms with Gasteiger partial charge in [-0.2, -0.15) is 0 Å². The molecule has 1 amide bonds. The number of nitrogens with one attached hydrogen (secondary N) is 1. The lowest BCUT2D eigenvalue weighted by Gasteiger charge is -2.28. The van der Waals surface area contributed by atoms with Crippen molar-refractivity contribution in [3.63, 3.8) is 0 Å². The maximum Gasteiger partial charge on any atom is 0.274 e. The van der Waals surface area contributed by atoms with E-state index < -0.39 is 11.7 Å². The van der Waals surface area contributed by atoms with Crippen LogP contribution in [0.2, 0.25) is 0 Å². The summed E-state index contributed by atoms with van der Waals surface area (Å²) in [6.45, 7) is 1.72. The number of nitrogens with two attached hydrogens (primary N) is 1. The van der Waals surface area contributed by atoms with Crippen molar-refractivity contribution in [2.45, 2.75) is 25.5 Å². The van der Waals surface area contributed by atoms with Gasteiger partial charge in [0, 0.05) is 32.4 Å². The number of nitrogens with zero attached hydrogens (tertiary/aromatic N) is 4. The molecule has 3 N–H and O–H groups in total. The topological polar surface area (TPSA) is 115 Å². The van der Waals surface area contributed by atoms with Gasteiger partial charge >= 0.3 is 0 Å². The van der Waals surface area contributed by atoms with E-state index in [9.17, 15) is 9.18 Å². The first-order valence-electron chi connectivity index (χ1n) is 11.9. The van der Waals surface area contributed by atoms with Crippen LogP contribution < -0.4 is 20.7 Å². The fraction of sp³-hybridized carbons (Fsp3) is 0.308. The summed E-state index contributed by atoms with van der Waals surface area (Å²) in [5.74, 6) is -0.649. The second kappa shape index (κ2) is 10.8. The molecule has 0 spiro atoms. The maximum atomic E-state index is 14.6. The molecule has 11 heteroatoms. The number of hydrogen-bond donors (Lipinski definition) is 2. The predicted octanol–water partition coefficient (Wildman–Crippen LogP) is 4.23. The molecule has 1 atom stereocenters. The zero-order valence-electron chi connectivity index (χ0n) is 20.5. The first-order valence-corrected chi connectivity index (χ1v) is 12.7. The van der Waals surface area contributed by atoms with E-state index in [0.29, 0.717) is 18.8 Å². The third-order valence-electron chi connectivity index (χ3n) is 6.34. The summed E-state index contributed by atoms with van der Waals surface area (Å²) in [5, 5.41) is 3.85. The molecular weight excluding hydrogens is 495 g/mol. The van der Waals surface area contributed by atoms with Gasteiger partial charge in [0.25, 0.3) is 5.91 Å². The number of aromatic nitrogens is 3. The first kappa shape index (κ1) is 25.0. The van der Waals surface area contributed by atoms with Crippen molar-refractivity contribution in [2.75, 3.05) is 37.5 Å². The highest BCUT2D eigenvalue weighted by atomic mass is 32.1. The number of anilines is 2. The van der Waals surface area contributed by atoms with Gasteiger partial charge in [-0.3, -0.25) is 4.79 Å². The van der Waals surface area contributed by atoms with E-state index in [1.165, 1.54) is 31.5 Å². The number of rotatable bonds is 8. The Hall–Kier alpha value is -3.67. The molecule has 1 aliphatic rings. The molecule has 0 bridgehead atoms. The largest absolute Gasteiger partial charge is 0.496 e. The molecule has 1 saturated heterocycles. The number of carbonyl (C=O) groups is 1. The lowest BCUT2D eigenvalue weighted by molar-refractivity contribution is 0.102. The average molecular weight is 523 g/mol. The van der Waals surface area contributed by atoms with Crippen LogP contribution in [0.5, 0.6) is 5.75 Å². The Morgan fingerprint density at radius 3 is 2.89 bits per heavy atom. The van der Waals surface area contributed by atoms with Gasteiger partial charge in [0.05, 0.1) is 35.4 Å². The molecular formula is C26H27FN6O3S. The Kier molecular flexibility index (Phi) is 7.26. The SMILES string of the molecule is COCc1nc2c(N3CCCC3CN)c(NC(=O)c3ccnc(-c4c(F)cccc4OC)n3)ccc2s1. The molecule has 0 aliphatic carbocycles. The van der Waals surface area contributed by atoms with Crippen LogP contribution in [0, 0.1) is 5.82 Å². The van der Waals surface area contributed by atoms with Crippen molar-refractivity contribution in [3.8, 4) is 17.1 Å². The summed E-state index contributed by atoms with van der Waals surface area (Å²) >= 11 is 1.56. The van der Waals surface area contributed by atoms with Gasteiger partial charge in [-0.15, -0.1) is 11.3 Å². The molecule has 1 fully saturated rings. The van der Waals surface area contributed by atoms with Gasteiger partial charge in [0.1, 0.15) is 27.8 Å². The van der Waals surface area contributed by atoms with Crippen molar-refractivity contribution >= 4 is 38.8 Å². The van der Waals surface area contributed by atoms with Gasteiger partial charge in [-0.25, -0.2) is 19.3 Å². The zero-order valence-corrected chi connectivity index (χ0v) is 21.3. The summed E-state index contributed by atoms with van der Waals surface area (Å²) in [4.78, 5) is 29.0. The van der Waals surface area contributed by atoms with Crippen LogP contribution in [-0.2, 0) is 11.3 Å². The van der Waals surface area contributed by atoms with E-state index in [2.05, 4.69) is 20.2 Å². The van der Waals surface area contributed by atoms with Gasteiger partial charge in [-0.05, 0) is 43.2 Å². The number of benzene rings is 2. The summed E-state index contributed by atoms with van der Waals surface area (Å²) in [7, 11) is 3.08. The Labute approximate surface area is 217 Å². The van der Waals surface area contributed by atoms with Gasteiger partial charge in [0.2, 0.25) is 0 Å². The number of thiazole rings is 1. The van der Waals surface area contributed by atoms with Crippen molar-refractivity contribution in [3.05, 3.63) is 59.1 Å². The van der Waals surface area contributed by atoms with E-state index in [4.69, 9.17) is 20.2 Å². The van der Waals surface area contributed by atoms with Crippen LogP contribution >= 0.6 is 11.3 Å². The third kappa shape index (κ3) is 4.85. The molecule has 1 aliphatic heterocycles. The Morgan fingerprint density at radius 2 is 2.11 bits per heavy atom. The van der Waals surface area contributed by atoms with Crippen LogP contribution in [-0.4, -0.2) is 54.2 Å². The highest BCUT2D eigenvalue weighted by molar-refractivity contribution is 7.18. The van der Waals surface area contributed by atoms with Crippen LogP contribution in [0.3, 0.4) is 0 Å². The molecule has 192 valence electrons. The Morgan fingerprint density at radius 1 is 1.24 bits per heavy atom. The zero-order chi connectivity index (χ0) is 25.9. The van der Waals surface area contributed by atoms with E-state index in [1.807, 2.05) is 12.1 Å². The lowest BCUT2D eigenvalue weighted by atomic mass is 10.1. The minimum Gasteiger partial charge on any atom is -0.496 e. The van der Waals surface area contributed by atoms with Crippen molar-refractivity contribution in [1.29, 1.82) is 0 Å². The number of fused-ring (bicyclic) bond motifs is 1. The Bertz CT molecular complexity index is 1450. The third-order valence-corrected chi connectivity index (χ3v) is 7.33. The number of amides is 1. The van der Waals surface area contributed by atoms with Crippen LogP contribution in [0.1, 0.15) is 28.3 Å². The summed E-state index contributed by atoms with van der Waals surface area (Å²) in [6, 6.07) is 9.90. The van der Waals surface area contributed by atoms with Crippen LogP contribution in [0.4, 0.5) is 15.8 Å². The fourth-order valence-electron chi connectivity index (χ4n) is 4.66. The molecule has 2 aromatic carbocycles. The predicted molar refractivity (Wildman–Crippen MR) is 142 cm³/mol. The first-order chi connectivity index (χ1) is 18.0. The molecule has 5 rings (SSSR count). The second-order valence-electron chi connectivity index (χ2n) is 8.61. The highest BCUT2D eigenvalue weighted by Crippen LogP contribution is 2.40. The van der Waals surface area contributed by atoms with Gasteiger partial charge in [-0.1, -0.05) is 6.07 Å². The smallest absolute Gasteiger partial charge is 0.274 e. The van der Waals surface area contributed by atoms with Gasteiger partial charge < -0.3 is 25.4 Å². The van der Waals surface area contributed by atoms with Crippen molar-refractivity contribution < 1.29 is 18.7 Å². The minimum atomic E-state index is -0.540. The van der Waals surface area contributed by atoms with Crippen LogP contribution in [0.15, 0.2) is 42.6 Å². The molecule has 37 heavy (non-hydrogen) atoms. The highest BCUT2D eigenvalue weighted by Gasteiger charge is 2.29. The van der Waals surface area contributed by atoms with E-state index >= 15 is 0 Å². The molecule has 1 unspecified atom stereocenters. The maximum absolute atomic E-state index is 14.6. The number of methoxy groups -OCH3 is 2.